The first-order valence-corrected chi connectivity index (χ1v) is 8.36. The zero-order valence-corrected chi connectivity index (χ0v) is 13.2. The van der Waals surface area contributed by atoms with Crippen molar-refractivity contribution < 1.29 is 5.11 Å². The monoisotopic (exact) mass is 282 g/mol. The van der Waals surface area contributed by atoms with Gasteiger partial charge in [-0.1, -0.05) is 38.5 Å². The third-order valence-electron chi connectivity index (χ3n) is 4.19. The van der Waals surface area contributed by atoms with Gasteiger partial charge >= 0.3 is 0 Å². The van der Waals surface area contributed by atoms with Crippen molar-refractivity contribution in [2.75, 3.05) is 18.0 Å². The maximum Gasteiger partial charge on any atom is 0.185 e. The molecule has 19 heavy (non-hydrogen) atoms. The van der Waals surface area contributed by atoms with Gasteiger partial charge in [0.25, 0.3) is 0 Å². The number of anilines is 1. The lowest BCUT2D eigenvalue weighted by Crippen LogP contribution is -2.19. The number of nitrogens with zero attached hydrogens (tertiary/aromatic N) is 2. The van der Waals surface area contributed by atoms with Gasteiger partial charge in [-0.05, 0) is 31.1 Å². The van der Waals surface area contributed by atoms with E-state index in [4.69, 9.17) is 4.98 Å². The molecule has 1 saturated heterocycles. The number of rotatable bonds is 6. The van der Waals surface area contributed by atoms with Gasteiger partial charge in [0.1, 0.15) is 0 Å². The van der Waals surface area contributed by atoms with Gasteiger partial charge in [0.2, 0.25) is 0 Å². The van der Waals surface area contributed by atoms with Gasteiger partial charge in [-0.3, -0.25) is 0 Å². The molecule has 1 fully saturated rings. The van der Waals surface area contributed by atoms with Crippen LogP contribution >= 0.6 is 11.3 Å². The Morgan fingerprint density at radius 3 is 2.89 bits per heavy atom. The number of thiazole rings is 1. The number of aromatic nitrogens is 1. The minimum atomic E-state index is 0.129. The summed E-state index contributed by atoms with van der Waals surface area (Å²) in [5.74, 6) is 1.28. The summed E-state index contributed by atoms with van der Waals surface area (Å²) in [4.78, 5) is 8.28. The molecule has 0 spiro atoms. The van der Waals surface area contributed by atoms with E-state index in [2.05, 4.69) is 25.7 Å². The van der Waals surface area contributed by atoms with E-state index in [0.717, 1.165) is 41.1 Å². The van der Waals surface area contributed by atoms with Crippen LogP contribution in [-0.4, -0.2) is 23.2 Å². The topological polar surface area (TPSA) is 36.4 Å². The molecule has 0 bridgehead atoms. The van der Waals surface area contributed by atoms with E-state index in [-0.39, 0.29) is 6.61 Å². The second-order valence-corrected chi connectivity index (χ2v) is 6.72. The second-order valence-electron chi connectivity index (χ2n) is 5.66. The van der Waals surface area contributed by atoms with Crippen molar-refractivity contribution in [1.82, 2.24) is 4.98 Å². The Morgan fingerprint density at radius 1 is 1.47 bits per heavy atom. The molecule has 0 amide bonds. The van der Waals surface area contributed by atoms with Gasteiger partial charge in [0.05, 0.1) is 17.2 Å². The minimum absolute atomic E-state index is 0.129. The molecule has 1 N–H and O–H groups in total. The van der Waals surface area contributed by atoms with Crippen LogP contribution in [0, 0.1) is 5.92 Å². The lowest BCUT2D eigenvalue weighted by atomic mass is 10.0. The van der Waals surface area contributed by atoms with E-state index in [1.54, 1.807) is 11.3 Å². The molecular weight excluding hydrogens is 256 g/mol. The highest BCUT2D eigenvalue weighted by molar-refractivity contribution is 7.15. The summed E-state index contributed by atoms with van der Waals surface area (Å²) in [5, 5.41) is 10.6. The van der Waals surface area contributed by atoms with Crippen molar-refractivity contribution in [3.63, 3.8) is 0 Å². The second kappa shape index (κ2) is 6.71. The highest BCUT2D eigenvalue weighted by Gasteiger charge is 2.25. The molecule has 1 aromatic rings. The molecule has 1 aliphatic rings. The minimum Gasteiger partial charge on any atom is -0.391 e. The molecule has 2 atom stereocenters. The van der Waals surface area contributed by atoms with Crippen LogP contribution < -0.4 is 4.90 Å². The Kier molecular flexibility index (Phi) is 5.22. The highest BCUT2D eigenvalue weighted by Crippen LogP contribution is 2.35. The van der Waals surface area contributed by atoms with Gasteiger partial charge in [-0.15, -0.1) is 0 Å². The van der Waals surface area contributed by atoms with Crippen molar-refractivity contribution in [3.05, 3.63) is 10.6 Å². The highest BCUT2D eigenvalue weighted by atomic mass is 32.1. The summed E-state index contributed by atoms with van der Waals surface area (Å²) >= 11 is 1.69. The van der Waals surface area contributed by atoms with Crippen LogP contribution in [0.25, 0.3) is 0 Å². The fraction of sp³-hybridized carbons (Fsp3) is 0.800. The van der Waals surface area contributed by atoms with E-state index in [9.17, 15) is 5.11 Å². The van der Waals surface area contributed by atoms with Crippen LogP contribution in [0.4, 0.5) is 5.13 Å². The first-order chi connectivity index (χ1) is 9.19. The van der Waals surface area contributed by atoms with Gasteiger partial charge in [0.15, 0.2) is 5.13 Å². The van der Waals surface area contributed by atoms with Crippen LogP contribution in [-0.2, 0) is 6.61 Å². The first-order valence-electron chi connectivity index (χ1n) is 7.54. The molecule has 0 radical (unpaired) electrons. The van der Waals surface area contributed by atoms with Crippen molar-refractivity contribution in [2.45, 2.75) is 59.0 Å². The van der Waals surface area contributed by atoms with Gasteiger partial charge < -0.3 is 10.0 Å². The Labute approximate surface area is 120 Å². The van der Waals surface area contributed by atoms with Crippen molar-refractivity contribution in [2.24, 2.45) is 5.92 Å². The predicted octanol–water partition coefficient (Wildman–Crippen LogP) is 3.78. The Hall–Kier alpha value is -0.610. The van der Waals surface area contributed by atoms with Crippen LogP contribution in [0.15, 0.2) is 0 Å². The Balaban J connectivity index is 2.11. The summed E-state index contributed by atoms with van der Waals surface area (Å²) < 4.78 is 0. The molecule has 0 aliphatic carbocycles. The quantitative estimate of drug-likeness (QED) is 0.862. The summed E-state index contributed by atoms with van der Waals surface area (Å²) in [7, 11) is 0. The standard InChI is InChI=1S/C15H26N2OS/c1-4-6-12-7-8-17(9-12)15-16-14(11(3)5-2)13(10-18)19-15/h11-12,18H,4-10H2,1-3H3. The van der Waals surface area contributed by atoms with Crippen LogP contribution in [0.2, 0.25) is 0 Å². The predicted molar refractivity (Wildman–Crippen MR) is 82.0 cm³/mol. The first kappa shape index (κ1) is 14.8. The Morgan fingerprint density at radius 2 is 2.26 bits per heavy atom. The van der Waals surface area contributed by atoms with Crippen LogP contribution in [0.1, 0.15) is 62.9 Å². The summed E-state index contributed by atoms with van der Waals surface area (Å²) in [6, 6.07) is 0. The average Bonchev–Trinajstić information content (AvgIpc) is 3.04. The van der Waals surface area contributed by atoms with Gasteiger partial charge in [-0.2, -0.15) is 0 Å². The molecule has 2 heterocycles. The zero-order chi connectivity index (χ0) is 13.8. The largest absolute Gasteiger partial charge is 0.391 e. The van der Waals surface area contributed by atoms with Gasteiger partial charge in [-0.25, -0.2) is 4.98 Å². The van der Waals surface area contributed by atoms with Crippen LogP contribution in [0.3, 0.4) is 0 Å². The molecule has 0 saturated carbocycles. The third kappa shape index (κ3) is 3.29. The maximum atomic E-state index is 9.51. The molecule has 2 unspecified atom stereocenters. The Bertz CT molecular complexity index is 405. The van der Waals surface area contributed by atoms with Crippen molar-refractivity contribution in [1.29, 1.82) is 0 Å². The average molecular weight is 282 g/mol. The molecule has 108 valence electrons. The summed E-state index contributed by atoms with van der Waals surface area (Å²) in [5.41, 5.74) is 1.11. The maximum absolute atomic E-state index is 9.51. The van der Waals surface area contributed by atoms with E-state index in [1.165, 1.54) is 19.3 Å². The molecule has 1 aliphatic heterocycles. The molecule has 1 aromatic heterocycles. The zero-order valence-electron chi connectivity index (χ0n) is 12.4. The van der Waals surface area contributed by atoms with Crippen LogP contribution in [0.5, 0.6) is 0 Å². The van der Waals surface area contributed by atoms with E-state index < -0.39 is 0 Å². The van der Waals surface area contributed by atoms with E-state index in [1.807, 2.05) is 0 Å². The molecule has 2 rings (SSSR count). The summed E-state index contributed by atoms with van der Waals surface area (Å²) in [6.07, 6.45) is 4.97. The van der Waals surface area contributed by atoms with E-state index >= 15 is 0 Å². The molecule has 3 nitrogen and oxygen atoms in total. The van der Waals surface area contributed by atoms with E-state index in [0.29, 0.717) is 5.92 Å². The number of hydrogen-bond acceptors (Lipinski definition) is 4. The SMILES string of the molecule is CCCC1CCN(c2nc(C(C)CC)c(CO)s2)C1. The third-order valence-corrected chi connectivity index (χ3v) is 5.31. The van der Waals surface area contributed by atoms with Gasteiger partial charge in [0, 0.05) is 13.1 Å². The smallest absolute Gasteiger partial charge is 0.185 e. The van der Waals surface area contributed by atoms with Crippen molar-refractivity contribution >= 4 is 16.5 Å². The fourth-order valence-corrected chi connectivity index (χ4v) is 3.90. The van der Waals surface area contributed by atoms with Crippen molar-refractivity contribution in [3.8, 4) is 0 Å². The molecule has 0 aromatic carbocycles. The number of hydrogen-bond donors (Lipinski definition) is 1. The normalized spacial score (nSPS) is 21.1. The molecule has 4 heteroatoms. The lowest BCUT2D eigenvalue weighted by molar-refractivity contribution is 0.283. The summed E-state index contributed by atoms with van der Waals surface area (Å²) in [6.45, 7) is 9.04. The molecular formula is C15H26N2OS. The lowest BCUT2D eigenvalue weighted by Gasteiger charge is -2.14. The number of aliphatic hydroxyl groups is 1. The fourth-order valence-electron chi connectivity index (χ4n) is 2.83. The number of aliphatic hydroxyl groups excluding tert-OH is 1.